The van der Waals surface area contributed by atoms with Crippen LogP contribution in [-0.2, 0) is 28.7 Å². The van der Waals surface area contributed by atoms with E-state index in [1.165, 1.54) is 37.1 Å². The van der Waals surface area contributed by atoms with Gasteiger partial charge in [-0.3, -0.25) is 0 Å². The van der Waals surface area contributed by atoms with Gasteiger partial charge in [0.2, 0.25) is 15.0 Å². The van der Waals surface area contributed by atoms with E-state index in [-0.39, 0.29) is 10.9 Å². The minimum atomic E-state index is -3.77. The number of aromatic nitrogens is 2. The normalized spacial score (nSPS) is 15.7. The quantitative estimate of drug-likeness (QED) is 0.409. The summed E-state index contributed by atoms with van der Waals surface area (Å²) in [6.07, 6.45) is 6.32. The maximum Gasteiger partial charge on any atom is 0.228 e. The van der Waals surface area contributed by atoms with E-state index in [0.29, 0.717) is 30.6 Å². The first-order chi connectivity index (χ1) is 16.9. The maximum atomic E-state index is 13.4. The maximum absolute atomic E-state index is 13.4. The third-order valence-electron chi connectivity index (χ3n) is 6.35. The number of thiocarbonyl (C=S) groups is 1. The number of sulfone groups is 1. The fourth-order valence-electron chi connectivity index (χ4n) is 4.09. The van der Waals surface area contributed by atoms with Crippen molar-refractivity contribution in [2.45, 2.75) is 55.7 Å². The Hall–Kier alpha value is -2.78. The molecule has 1 N–H and O–H groups in total. The lowest BCUT2D eigenvalue weighted by atomic mass is 10.2. The van der Waals surface area contributed by atoms with Crippen molar-refractivity contribution in [2.75, 3.05) is 6.54 Å². The highest BCUT2D eigenvalue weighted by molar-refractivity contribution is 7.90. The topological polar surface area (TPSA) is 67.2 Å². The summed E-state index contributed by atoms with van der Waals surface area (Å²) in [6, 6.07) is 15.7. The fraction of sp³-hybridized carbons (Fsp3) is 0.385. The summed E-state index contributed by atoms with van der Waals surface area (Å²) < 4.78 is 42.0. The number of nitrogens with one attached hydrogen (secondary N) is 1. The number of hydrogen-bond acceptors (Lipinski definition) is 4. The molecule has 184 valence electrons. The predicted octanol–water partition coefficient (Wildman–Crippen LogP) is 4.29. The van der Waals surface area contributed by atoms with Gasteiger partial charge in [0, 0.05) is 12.6 Å². The summed E-state index contributed by atoms with van der Waals surface area (Å²) in [5.74, 6) is -0.0157. The highest BCUT2D eigenvalue weighted by atomic mass is 32.2. The van der Waals surface area contributed by atoms with E-state index >= 15 is 0 Å². The Morgan fingerprint density at radius 3 is 2.43 bits per heavy atom. The van der Waals surface area contributed by atoms with E-state index < -0.39 is 15.7 Å². The Morgan fingerprint density at radius 2 is 1.77 bits per heavy atom. The predicted molar refractivity (Wildman–Crippen MR) is 137 cm³/mol. The molecule has 0 bridgehead atoms. The van der Waals surface area contributed by atoms with Crippen LogP contribution >= 0.6 is 12.2 Å². The lowest BCUT2D eigenvalue weighted by Gasteiger charge is -2.26. The van der Waals surface area contributed by atoms with Gasteiger partial charge in [-0.2, -0.15) is 0 Å². The highest BCUT2D eigenvalue weighted by Gasteiger charge is 2.30. The molecule has 6 nitrogen and oxygen atoms in total. The van der Waals surface area contributed by atoms with E-state index in [9.17, 15) is 12.8 Å². The van der Waals surface area contributed by atoms with Crippen LogP contribution in [0.5, 0.6) is 0 Å². The van der Waals surface area contributed by atoms with Gasteiger partial charge < -0.3 is 14.8 Å². The van der Waals surface area contributed by atoms with Crippen molar-refractivity contribution in [3.05, 3.63) is 83.4 Å². The molecule has 35 heavy (non-hydrogen) atoms. The summed E-state index contributed by atoms with van der Waals surface area (Å²) in [6.45, 7) is 1.72. The average molecular weight is 513 g/mol. The zero-order valence-corrected chi connectivity index (χ0v) is 21.1. The molecule has 2 aliphatic rings. The van der Waals surface area contributed by atoms with Crippen molar-refractivity contribution in [1.29, 1.82) is 0 Å². The third-order valence-corrected chi connectivity index (χ3v) is 8.33. The van der Waals surface area contributed by atoms with Gasteiger partial charge in [-0.15, -0.1) is 0 Å². The zero-order chi connectivity index (χ0) is 24.4. The van der Waals surface area contributed by atoms with Gasteiger partial charge in [-0.25, -0.2) is 17.8 Å². The molecule has 3 aromatic rings. The number of nitrogens with zero attached hydrogens (tertiary/aromatic N) is 3. The molecule has 2 fully saturated rings. The lowest BCUT2D eigenvalue weighted by molar-refractivity contribution is 0.374. The molecule has 1 heterocycles. The van der Waals surface area contributed by atoms with Crippen LogP contribution < -0.4 is 5.32 Å². The SMILES string of the molecule is O=S(=O)(Cc1ccc(F)cc1)c1ncc(CN(CC2CC2)C(=S)NC2CC2)n1Cc1ccccc1. The summed E-state index contributed by atoms with van der Waals surface area (Å²) >= 11 is 5.72. The summed E-state index contributed by atoms with van der Waals surface area (Å²) in [5.41, 5.74) is 2.30. The molecule has 0 amide bonds. The largest absolute Gasteiger partial charge is 0.360 e. The second-order valence-electron chi connectivity index (χ2n) is 9.54. The van der Waals surface area contributed by atoms with E-state index in [2.05, 4.69) is 15.2 Å². The fourth-order valence-corrected chi connectivity index (χ4v) is 5.88. The van der Waals surface area contributed by atoms with E-state index in [1.807, 2.05) is 30.3 Å². The van der Waals surface area contributed by atoms with Gasteiger partial charge >= 0.3 is 0 Å². The van der Waals surface area contributed by atoms with Crippen molar-refractivity contribution in [1.82, 2.24) is 19.8 Å². The Labute approximate surface area is 211 Å². The molecular formula is C26H29FN4O2S2. The van der Waals surface area contributed by atoms with Gasteiger partial charge in [0.1, 0.15) is 5.82 Å². The number of imidazole rings is 1. The molecule has 5 rings (SSSR count). The van der Waals surface area contributed by atoms with Crippen molar-refractivity contribution in [3.63, 3.8) is 0 Å². The second kappa shape index (κ2) is 10.1. The third kappa shape index (κ3) is 6.27. The molecule has 0 aliphatic heterocycles. The molecule has 0 saturated heterocycles. The molecule has 9 heteroatoms. The van der Waals surface area contributed by atoms with Crippen LogP contribution in [0.15, 0.2) is 66.0 Å². The molecule has 0 radical (unpaired) electrons. The Kier molecular flexibility index (Phi) is 6.88. The standard InChI is InChI=1S/C26H29FN4O2S2/c27-22-10-8-21(9-11-22)18-35(32,33)26-28-14-24(31(26)16-19-4-2-1-3-5-19)17-30(15-20-6-7-20)25(34)29-23-12-13-23/h1-5,8-11,14,20,23H,6-7,12-13,15-18H2,(H,29,34). The van der Waals surface area contributed by atoms with Crippen molar-refractivity contribution in [2.24, 2.45) is 5.92 Å². The molecule has 0 spiro atoms. The zero-order valence-electron chi connectivity index (χ0n) is 19.4. The van der Waals surface area contributed by atoms with Crippen LogP contribution in [0.3, 0.4) is 0 Å². The van der Waals surface area contributed by atoms with Gasteiger partial charge in [-0.05, 0) is 67.1 Å². The number of halogens is 1. The second-order valence-corrected chi connectivity index (χ2v) is 11.8. The lowest BCUT2D eigenvalue weighted by Crippen LogP contribution is -2.41. The van der Waals surface area contributed by atoms with Crippen LogP contribution in [0.2, 0.25) is 0 Å². The van der Waals surface area contributed by atoms with E-state index in [1.54, 1.807) is 10.8 Å². The summed E-state index contributed by atoms with van der Waals surface area (Å²) in [4.78, 5) is 6.54. The molecule has 2 aliphatic carbocycles. The smallest absolute Gasteiger partial charge is 0.228 e. The first-order valence-electron chi connectivity index (χ1n) is 12.0. The Bertz CT molecular complexity index is 1280. The minimum Gasteiger partial charge on any atom is -0.360 e. The Morgan fingerprint density at radius 1 is 1.06 bits per heavy atom. The van der Waals surface area contributed by atoms with Gasteiger partial charge in [-0.1, -0.05) is 42.5 Å². The Balaban J connectivity index is 1.45. The highest BCUT2D eigenvalue weighted by Crippen LogP contribution is 2.31. The molecule has 0 unspecified atom stereocenters. The molecule has 2 saturated carbocycles. The first-order valence-corrected chi connectivity index (χ1v) is 14.0. The number of benzene rings is 2. The molecular weight excluding hydrogens is 483 g/mol. The van der Waals surface area contributed by atoms with Gasteiger partial charge in [0.25, 0.3) is 0 Å². The van der Waals surface area contributed by atoms with Crippen LogP contribution in [0.25, 0.3) is 0 Å². The monoisotopic (exact) mass is 512 g/mol. The van der Waals surface area contributed by atoms with Crippen LogP contribution in [0, 0.1) is 11.7 Å². The van der Waals surface area contributed by atoms with Crippen molar-refractivity contribution < 1.29 is 12.8 Å². The van der Waals surface area contributed by atoms with Crippen LogP contribution in [-0.4, -0.2) is 40.6 Å². The number of rotatable bonds is 10. The van der Waals surface area contributed by atoms with Crippen LogP contribution in [0.1, 0.15) is 42.5 Å². The molecule has 0 atom stereocenters. The first kappa shape index (κ1) is 23.9. The van der Waals surface area contributed by atoms with Crippen LogP contribution in [0.4, 0.5) is 4.39 Å². The molecule has 2 aromatic carbocycles. The van der Waals surface area contributed by atoms with Gasteiger partial charge in [0.05, 0.1) is 30.7 Å². The summed E-state index contributed by atoms with van der Waals surface area (Å²) in [7, 11) is -3.77. The minimum absolute atomic E-state index is 0.0214. The summed E-state index contributed by atoms with van der Waals surface area (Å²) in [5, 5.41) is 4.18. The number of hydrogen-bond donors (Lipinski definition) is 1. The van der Waals surface area contributed by atoms with Crippen molar-refractivity contribution in [3.8, 4) is 0 Å². The molecule has 1 aromatic heterocycles. The van der Waals surface area contributed by atoms with E-state index in [0.717, 1.165) is 35.8 Å². The van der Waals surface area contributed by atoms with Gasteiger partial charge in [0.15, 0.2) is 5.11 Å². The average Bonchev–Trinajstić information content (AvgIpc) is 3.76. The van der Waals surface area contributed by atoms with Crippen molar-refractivity contribution >= 4 is 27.2 Å². The van der Waals surface area contributed by atoms with E-state index in [4.69, 9.17) is 12.2 Å².